The van der Waals surface area contributed by atoms with Crippen LogP contribution in [0.3, 0.4) is 0 Å². The Labute approximate surface area is 109 Å². The molecule has 1 aromatic carbocycles. The van der Waals surface area contributed by atoms with Crippen molar-refractivity contribution < 1.29 is 18.7 Å². The quantitative estimate of drug-likeness (QED) is 0.670. The van der Waals surface area contributed by atoms with Gasteiger partial charge in [0, 0.05) is 11.5 Å². The monoisotopic (exact) mass is 259 g/mol. The van der Waals surface area contributed by atoms with Crippen LogP contribution in [-0.2, 0) is 14.3 Å². The van der Waals surface area contributed by atoms with E-state index in [1.165, 1.54) is 13.2 Å². The number of esters is 1. The molecule has 2 rings (SSSR count). The van der Waals surface area contributed by atoms with Gasteiger partial charge in [0.2, 0.25) is 5.91 Å². The zero-order valence-corrected chi connectivity index (χ0v) is 10.4. The van der Waals surface area contributed by atoms with Gasteiger partial charge in [0.1, 0.15) is 17.9 Å². The van der Waals surface area contributed by atoms with Gasteiger partial charge in [0.05, 0.1) is 7.11 Å². The summed E-state index contributed by atoms with van der Waals surface area (Å²) in [6.07, 6.45) is 2.85. The second kappa shape index (κ2) is 5.86. The third-order valence-corrected chi connectivity index (χ3v) is 2.48. The Morgan fingerprint density at radius 3 is 2.89 bits per heavy atom. The van der Waals surface area contributed by atoms with Gasteiger partial charge in [-0.3, -0.25) is 9.59 Å². The van der Waals surface area contributed by atoms with Crippen molar-refractivity contribution >= 4 is 28.9 Å². The van der Waals surface area contributed by atoms with E-state index < -0.39 is 5.97 Å². The summed E-state index contributed by atoms with van der Waals surface area (Å²) in [6.45, 7) is -0.153. The molecule has 98 valence electrons. The highest BCUT2D eigenvalue weighted by atomic mass is 16.5. The van der Waals surface area contributed by atoms with Gasteiger partial charge in [-0.25, -0.2) is 0 Å². The predicted octanol–water partition coefficient (Wildman–Crippen LogP) is 1.74. The van der Waals surface area contributed by atoms with E-state index in [1.54, 1.807) is 6.08 Å². The van der Waals surface area contributed by atoms with Crippen LogP contribution in [0.1, 0.15) is 5.76 Å². The standard InChI is InChI=1S/C14H13NO4/c1-18-14(17)9-15-13(16)7-6-11-8-10-4-2-3-5-12(10)19-11/h2-8H,9H2,1H3,(H,15,16)/b7-6+. The van der Waals surface area contributed by atoms with Gasteiger partial charge < -0.3 is 14.5 Å². The Kier molecular flexibility index (Phi) is 3.97. The number of benzene rings is 1. The van der Waals surface area contributed by atoms with Crippen LogP contribution in [0, 0.1) is 0 Å². The van der Waals surface area contributed by atoms with E-state index in [2.05, 4.69) is 10.1 Å². The summed E-state index contributed by atoms with van der Waals surface area (Å²) in [5, 5.41) is 3.36. The van der Waals surface area contributed by atoms with Gasteiger partial charge in [-0.1, -0.05) is 18.2 Å². The number of carbonyl (C=O) groups is 2. The minimum Gasteiger partial charge on any atom is -0.468 e. The maximum atomic E-state index is 11.4. The smallest absolute Gasteiger partial charge is 0.325 e. The number of hydrogen-bond donors (Lipinski definition) is 1. The van der Waals surface area contributed by atoms with Crippen molar-refractivity contribution in [2.75, 3.05) is 13.7 Å². The first-order chi connectivity index (χ1) is 9.19. The molecule has 2 aromatic rings. The van der Waals surface area contributed by atoms with Crippen LogP contribution < -0.4 is 5.32 Å². The van der Waals surface area contributed by atoms with Crippen molar-refractivity contribution in [1.29, 1.82) is 0 Å². The molecule has 0 spiro atoms. The Balaban J connectivity index is 1.98. The normalized spacial score (nSPS) is 10.8. The molecule has 1 heterocycles. The van der Waals surface area contributed by atoms with Crippen LogP contribution in [0.2, 0.25) is 0 Å². The molecule has 1 N–H and O–H groups in total. The lowest BCUT2D eigenvalue weighted by Crippen LogP contribution is -2.28. The van der Waals surface area contributed by atoms with E-state index in [1.807, 2.05) is 30.3 Å². The lowest BCUT2D eigenvalue weighted by atomic mass is 10.2. The van der Waals surface area contributed by atoms with Crippen LogP contribution >= 0.6 is 0 Å². The van der Waals surface area contributed by atoms with E-state index in [-0.39, 0.29) is 12.5 Å². The molecule has 1 aromatic heterocycles. The van der Waals surface area contributed by atoms with Crippen molar-refractivity contribution in [1.82, 2.24) is 5.32 Å². The van der Waals surface area contributed by atoms with Crippen LogP contribution in [0.4, 0.5) is 0 Å². The summed E-state index contributed by atoms with van der Waals surface area (Å²) < 4.78 is 9.91. The molecule has 0 radical (unpaired) electrons. The molecule has 5 heteroatoms. The topological polar surface area (TPSA) is 68.5 Å². The number of furan rings is 1. The average molecular weight is 259 g/mol. The fourth-order valence-electron chi connectivity index (χ4n) is 1.53. The Bertz CT molecular complexity index is 594. The molecule has 0 bridgehead atoms. The number of rotatable bonds is 4. The number of fused-ring (bicyclic) bond motifs is 1. The van der Waals surface area contributed by atoms with Gasteiger partial charge in [0.25, 0.3) is 0 Å². The molecule has 0 saturated carbocycles. The fraction of sp³-hybridized carbons (Fsp3) is 0.143. The molecule has 0 atom stereocenters. The second-order valence-corrected chi connectivity index (χ2v) is 3.81. The first-order valence-corrected chi connectivity index (χ1v) is 5.70. The maximum absolute atomic E-state index is 11.4. The summed E-state index contributed by atoms with van der Waals surface area (Å²) in [5.74, 6) is -0.300. The number of hydrogen-bond acceptors (Lipinski definition) is 4. The first-order valence-electron chi connectivity index (χ1n) is 5.70. The number of para-hydroxylation sites is 1. The summed E-state index contributed by atoms with van der Waals surface area (Å²) in [4.78, 5) is 22.2. The largest absolute Gasteiger partial charge is 0.468 e. The van der Waals surface area contributed by atoms with Crippen molar-refractivity contribution in [3.63, 3.8) is 0 Å². The highest BCUT2D eigenvalue weighted by Gasteiger charge is 2.03. The minimum absolute atomic E-state index is 0.153. The summed E-state index contributed by atoms with van der Waals surface area (Å²) >= 11 is 0. The highest BCUT2D eigenvalue weighted by molar-refractivity contribution is 5.93. The number of carbonyl (C=O) groups excluding carboxylic acids is 2. The summed E-state index contributed by atoms with van der Waals surface area (Å²) in [6, 6.07) is 9.40. The Hall–Kier alpha value is -2.56. The molecule has 19 heavy (non-hydrogen) atoms. The van der Waals surface area contributed by atoms with E-state index >= 15 is 0 Å². The average Bonchev–Trinajstić information content (AvgIpc) is 2.85. The molecule has 0 aliphatic carbocycles. The lowest BCUT2D eigenvalue weighted by Gasteiger charge is -1.98. The Morgan fingerprint density at radius 2 is 2.16 bits per heavy atom. The summed E-state index contributed by atoms with van der Waals surface area (Å²) in [7, 11) is 1.26. The zero-order valence-electron chi connectivity index (χ0n) is 10.4. The van der Waals surface area contributed by atoms with Crippen LogP contribution in [0.15, 0.2) is 40.8 Å². The zero-order chi connectivity index (χ0) is 13.7. The van der Waals surface area contributed by atoms with Gasteiger partial charge >= 0.3 is 5.97 Å². The minimum atomic E-state index is -0.495. The van der Waals surface area contributed by atoms with Crippen molar-refractivity contribution in [3.8, 4) is 0 Å². The van der Waals surface area contributed by atoms with Gasteiger partial charge in [-0.15, -0.1) is 0 Å². The van der Waals surface area contributed by atoms with Crippen molar-refractivity contribution in [2.45, 2.75) is 0 Å². The van der Waals surface area contributed by atoms with Gasteiger partial charge in [-0.2, -0.15) is 0 Å². The molecule has 0 fully saturated rings. The molecule has 1 amide bonds. The predicted molar refractivity (Wildman–Crippen MR) is 70.3 cm³/mol. The summed E-state index contributed by atoms with van der Waals surface area (Å²) in [5.41, 5.74) is 0.761. The molecule has 0 aliphatic rings. The number of methoxy groups -OCH3 is 1. The van der Waals surface area contributed by atoms with Crippen LogP contribution in [0.25, 0.3) is 17.0 Å². The highest BCUT2D eigenvalue weighted by Crippen LogP contribution is 2.19. The third-order valence-electron chi connectivity index (χ3n) is 2.48. The Morgan fingerprint density at radius 1 is 1.37 bits per heavy atom. The molecule has 0 saturated heterocycles. The van der Waals surface area contributed by atoms with E-state index in [0.717, 1.165) is 11.0 Å². The SMILES string of the molecule is COC(=O)CNC(=O)/C=C/c1cc2ccccc2o1. The van der Waals surface area contributed by atoms with Crippen LogP contribution in [-0.4, -0.2) is 25.5 Å². The fourth-order valence-corrected chi connectivity index (χ4v) is 1.53. The second-order valence-electron chi connectivity index (χ2n) is 3.81. The van der Waals surface area contributed by atoms with Gasteiger partial charge in [-0.05, 0) is 18.2 Å². The van der Waals surface area contributed by atoms with Crippen molar-refractivity contribution in [2.24, 2.45) is 0 Å². The van der Waals surface area contributed by atoms with Gasteiger partial charge in [0.15, 0.2) is 0 Å². The van der Waals surface area contributed by atoms with Crippen LogP contribution in [0.5, 0.6) is 0 Å². The maximum Gasteiger partial charge on any atom is 0.325 e. The van der Waals surface area contributed by atoms with E-state index in [0.29, 0.717) is 5.76 Å². The number of ether oxygens (including phenoxy) is 1. The number of amides is 1. The lowest BCUT2D eigenvalue weighted by molar-refractivity contribution is -0.140. The van der Waals surface area contributed by atoms with Crippen molar-refractivity contribution in [3.05, 3.63) is 42.2 Å². The molecule has 0 unspecified atom stereocenters. The third kappa shape index (κ3) is 3.45. The number of nitrogens with one attached hydrogen (secondary N) is 1. The first kappa shape index (κ1) is 12.9. The van der Waals surface area contributed by atoms with E-state index in [4.69, 9.17) is 4.42 Å². The molecular weight excluding hydrogens is 246 g/mol. The molecule has 5 nitrogen and oxygen atoms in total. The van der Waals surface area contributed by atoms with E-state index in [9.17, 15) is 9.59 Å². The molecule has 0 aliphatic heterocycles. The molecular formula is C14H13NO4.